The molecule has 338 valence electrons. The van der Waals surface area contributed by atoms with E-state index in [0.29, 0.717) is 23.6 Å². The van der Waals surface area contributed by atoms with Crippen LogP contribution in [0.15, 0.2) is 142 Å². The predicted molar refractivity (Wildman–Crippen MR) is 277 cm³/mol. The molecule has 0 fully saturated rings. The van der Waals surface area contributed by atoms with Gasteiger partial charge in [0.25, 0.3) is 0 Å². The highest BCUT2D eigenvalue weighted by molar-refractivity contribution is 5.85. The van der Waals surface area contributed by atoms with Crippen molar-refractivity contribution >= 4 is 24.3 Å². The van der Waals surface area contributed by atoms with Crippen LogP contribution >= 0.6 is 0 Å². The van der Waals surface area contributed by atoms with Crippen molar-refractivity contribution in [2.45, 2.75) is 110 Å². The molecular weight excluding hydrogens is 821 g/mol. The molecule has 1 aliphatic rings. The van der Waals surface area contributed by atoms with E-state index in [1.54, 1.807) is 0 Å². The molecule has 0 saturated heterocycles. The van der Waals surface area contributed by atoms with Gasteiger partial charge in [0.05, 0.1) is 0 Å². The third-order valence-corrected chi connectivity index (χ3v) is 13.4. The lowest BCUT2D eigenvalue weighted by Crippen LogP contribution is -2.25. The minimum atomic E-state index is -0.0389. The third-order valence-electron chi connectivity index (χ3n) is 13.4. The zero-order valence-corrected chi connectivity index (χ0v) is 40.4. The van der Waals surface area contributed by atoms with Gasteiger partial charge in [0.1, 0.15) is 0 Å². The number of fused-ring (bicyclic) bond motifs is 3. The Morgan fingerprint density at radius 1 is 0.403 bits per heavy atom. The van der Waals surface area contributed by atoms with Crippen LogP contribution in [0.4, 0.5) is 0 Å². The summed E-state index contributed by atoms with van der Waals surface area (Å²) in [7, 11) is 0. The van der Waals surface area contributed by atoms with Crippen LogP contribution in [0.2, 0.25) is 0 Å². The zero-order valence-electron chi connectivity index (χ0n) is 40.4. The Morgan fingerprint density at radius 2 is 0.701 bits per heavy atom. The summed E-state index contributed by atoms with van der Waals surface area (Å²) in [6.07, 6.45) is 15.8. The molecule has 0 N–H and O–H groups in total. The van der Waals surface area contributed by atoms with Crippen LogP contribution in [0.1, 0.15) is 138 Å². The van der Waals surface area contributed by atoms with E-state index in [4.69, 9.17) is 8.83 Å². The Hall–Kier alpha value is -6.92. The average Bonchev–Trinajstić information content (AvgIpc) is 4.10. The van der Waals surface area contributed by atoms with Crippen molar-refractivity contribution in [2.24, 2.45) is 0 Å². The molecule has 8 aromatic rings. The third kappa shape index (κ3) is 9.67. The van der Waals surface area contributed by atoms with Gasteiger partial charge in [-0.2, -0.15) is 0 Å². The van der Waals surface area contributed by atoms with E-state index in [9.17, 15) is 0 Å². The van der Waals surface area contributed by atoms with Crippen molar-refractivity contribution < 1.29 is 8.83 Å². The van der Waals surface area contributed by atoms with Crippen molar-refractivity contribution in [3.63, 3.8) is 0 Å². The Kier molecular flexibility index (Phi) is 12.7. The summed E-state index contributed by atoms with van der Waals surface area (Å²) in [6, 6.07) is 47.6. The second-order valence-electron chi connectivity index (χ2n) is 20.3. The van der Waals surface area contributed by atoms with E-state index >= 15 is 0 Å². The summed E-state index contributed by atoms with van der Waals surface area (Å²) in [6.45, 7) is 17.9. The highest BCUT2D eigenvalue weighted by Gasteiger charge is 2.42. The first-order valence-corrected chi connectivity index (χ1v) is 24.1. The zero-order chi connectivity index (χ0) is 46.8. The molecule has 0 aliphatic heterocycles. The standard InChI is InChI=1S/C61H62N4O2/c1-9-11-37-61(38-12-10-2)53-39-43(15-13-41-17-23-45(24-18-41)55-62-64-57(66-55)47-27-31-49(32-28-47)59(3,4)5)21-35-51(53)52-36-22-44(40-54(52)61)16-14-42-19-25-46(26-20-42)56-63-65-58(67-56)48-29-33-50(34-30-48)60(6,7)8/h13-36,39-40H,9-12,37-38H2,1-8H3/b15-13+,16-14+. The van der Waals surface area contributed by atoms with Gasteiger partial charge in [-0.05, 0) is 128 Å². The fourth-order valence-electron chi connectivity index (χ4n) is 9.36. The summed E-state index contributed by atoms with van der Waals surface area (Å²) < 4.78 is 12.2. The van der Waals surface area contributed by atoms with Gasteiger partial charge in [-0.25, -0.2) is 0 Å². The van der Waals surface area contributed by atoms with Crippen LogP contribution in [-0.2, 0) is 16.2 Å². The summed E-state index contributed by atoms with van der Waals surface area (Å²) in [4.78, 5) is 0. The van der Waals surface area contributed by atoms with Crippen molar-refractivity contribution in [2.75, 3.05) is 0 Å². The van der Waals surface area contributed by atoms with Crippen molar-refractivity contribution in [3.05, 3.63) is 178 Å². The van der Waals surface area contributed by atoms with E-state index in [1.807, 2.05) is 0 Å². The van der Waals surface area contributed by atoms with Gasteiger partial charge in [0.2, 0.25) is 23.6 Å². The molecule has 0 unspecified atom stereocenters. The highest BCUT2D eigenvalue weighted by atomic mass is 16.4. The molecule has 0 atom stereocenters. The molecule has 9 rings (SSSR count). The predicted octanol–water partition coefficient (Wildman–Crippen LogP) is 16.7. The highest BCUT2D eigenvalue weighted by Crippen LogP contribution is 2.55. The average molecular weight is 883 g/mol. The molecule has 2 heterocycles. The van der Waals surface area contributed by atoms with Gasteiger partial charge in [-0.15, -0.1) is 20.4 Å². The Morgan fingerprint density at radius 3 is 1.01 bits per heavy atom. The molecule has 0 bridgehead atoms. The van der Waals surface area contributed by atoms with Crippen LogP contribution in [-0.4, -0.2) is 20.4 Å². The summed E-state index contributed by atoms with van der Waals surface area (Å²) >= 11 is 0. The van der Waals surface area contributed by atoms with Gasteiger partial charge in [-0.3, -0.25) is 0 Å². The minimum absolute atomic E-state index is 0.0389. The first kappa shape index (κ1) is 45.2. The topological polar surface area (TPSA) is 77.8 Å². The Labute approximate surface area is 397 Å². The Balaban J connectivity index is 0.918. The van der Waals surface area contributed by atoms with E-state index in [2.05, 4.69) is 234 Å². The maximum absolute atomic E-state index is 6.12. The van der Waals surface area contributed by atoms with Gasteiger partial charge in [0, 0.05) is 27.7 Å². The molecule has 6 aromatic carbocycles. The summed E-state index contributed by atoms with van der Waals surface area (Å²) in [5.74, 6) is 2.08. The molecule has 0 radical (unpaired) electrons. The second kappa shape index (κ2) is 18.8. The normalized spacial score (nSPS) is 13.4. The van der Waals surface area contributed by atoms with Gasteiger partial charge < -0.3 is 8.83 Å². The van der Waals surface area contributed by atoms with Crippen LogP contribution in [0, 0.1) is 0 Å². The second-order valence-corrected chi connectivity index (χ2v) is 20.3. The van der Waals surface area contributed by atoms with Crippen LogP contribution in [0.25, 0.3) is 81.2 Å². The van der Waals surface area contributed by atoms with Crippen LogP contribution in [0.3, 0.4) is 0 Å². The molecule has 6 nitrogen and oxygen atoms in total. The number of hydrogen-bond acceptors (Lipinski definition) is 6. The van der Waals surface area contributed by atoms with Crippen LogP contribution in [0.5, 0.6) is 0 Å². The quantitative estimate of drug-likeness (QED) is 0.101. The summed E-state index contributed by atoms with van der Waals surface area (Å²) in [5.41, 5.74) is 16.6. The smallest absolute Gasteiger partial charge is 0.248 e. The number of hydrogen-bond donors (Lipinski definition) is 0. The van der Waals surface area contributed by atoms with Crippen molar-refractivity contribution in [3.8, 4) is 56.9 Å². The number of aromatic nitrogens is 4. The maximum Gasteiger partial charge on any atom is 0.248 e. The fourth-order valence-corrected chi connectivity index (χ4v) is 9.36. The van der Waals surface area contributed by atoms with Gasteiger partial charge in [-0.1, -0.05) is 190 Å². The lowest BCUT2D eigenvalue weighted by Gasteiger charge is -2.33. The SMILES string of the molecule is CCCCC1(CCCC)c2cc(/C=C/c3ccc(-c4nnc(-c5ccc(C(C)(C)C)cc5)o4)cc3)ccc2-c2ccc(/C=C/c3ccc(-c4nnc(-c5ccc(C(C)(C)C)cc5)o4)cc3)cc21. The van der Waals surface area contributed by atoms with E-state index in [-0.39, 0.29) is 16.2 Å². The number of nitrogens with zero attached hydrogens (tertiary/aromatic N) is 4. The monoisotopic (exact) mass is 882 g/mol. The Bertz CT molecular complexity index is 2820. The first-order chi connectivity index (χ1) is 32.3. The van der Waals surface area contributed by atoms with E-state index in [0.717, 1.165) is 59.1 Å². The molecule has 0 amide bonds. The van der Waals surface area contributed by atoms with Crippen molar-refractivity contribution in [1.29, 1.82) is 0 Å². The molecule has 67 heavy (non-hydrogen) atoms. The largest absolute Gasteiger partial charge is 0.416 e. The molecule has 0 spiro atoms. The first-order valence-electron chi connectivity index (χ1n) is 24.1. The molecule has 6 heteroatoms. The lowest BCUT2D eigenvalue weighted by molar-refractivity contribution is 0.414. The lowest BCUT2D eigenvalue weighted by atomic mass is 9.70. The van der Waals surface area contributed by atoms with Crippen molar-refractivity contribution in [1.82, 2.24) is 20.4 Å². The van der Waals surface area contributed by atoms with E-state index < -0.39 is 0 Å². The number of unbranched alkanes of at least 4 members (excludes halogenated alkanes) is 2. The number of benzene rings is 6. The van der Waals surface area contributed by atoms with Gasteiger partial charge in [0.15, 0.2) is 0 Å². The summed E-state index contributed by atoms with van der Waals surface area (Å²) in [5, 5.41) is 17.5. The van der Waals surface area contributed by atoms with Crippen LogP contribution < -0.4 is 0 Å². The minimum Gasteiger partial charge on any atom is -0.416 e. The molecular formula is C61H62N4O2. The molecule has 2 aromatic heterocycles. The molecule has 0 saturated carbocycles. The van der Waals surface area contributed by atoms with Gasteiger partial charge >= 0.3 is 0 Å². The number of rotatable bonds is 14. The van der Waals surface area contributed by atoms with E-state index in [1.165, 1.54) is 57.3 Å². The maximum atomic E-state index is 6.12. The fraction of sp³-hybridized carbons (Fsp3) is 0.279. The molecule has 1 aliphatic carbocycles.